The molecule has 4 fully saturated rings. The number of rotatable bonds is 4. The van der Waals surface area contributed by atoms with Gasteiger partial charge in [0.25, 0.3) is 0 Å². The summed E-state index contributed by atoms with van der Waals surface area (Å²) in [6.07, 6.45) is 12.7. The fraction of sp³-hybridized carbons (Fsp3) is 1.00. The number of nitrogens with zero attached hydrogens (tertiary/aromatic N) is 1. The van der Waals surface area contributed by atoms with Crippen molar-refractivity contribution in [2.24, 2.45) is 5.92 Å². The summed E-state index contributed by atoms with van der Waals surface area (Å²) < 4.78 is 6.57. The van der Waals surface area contributed by atoms with Crippen LogP contribution in [0.5, 0.6) is 0 Å². The Morgan fingerprint density at radius 2 is 1.95 bits per heavy atom. The highest BCUT2D eigenvalue weighted by Crippen LogP contribution is 2.44. The Morgan fingerprint density at radius 3 is 2.67 bits per heavy atom. The fourth-order valence-corrected chi connectivity index (χ4v) is 5.00. The molecular weight excluding hydrogens is 260 g/mol. The van der Waals surface area contributed by atoms with E-state index >= 15 is 0 Å². The maximum atomic E-state index is 6.57. The van der Waals surface area contributed by atoms with Crippen LogP contribution in [-0.4, -0.2) is 48.3 Å². The number of nitrogens with one attached hydrogen (secondary N) is 1. The maximum Gasteiger partial charge on any atom is 0.0710 e. The van der Waals surface area contributed by atoms with E-state index in [1.807, 2.05) is 0 Å². The van der Waals surface area contributed by atoms with Crippen molar-refractivity contribution in [1.82, 2.24) is 10.2 Å². The molecule has 120 valence electrons. The normalized spacial score (nSPS) is 40.1. The second-order valence-electron chi connectivity index (χ2n) is 8.04. The van der Waals surface area contributed by atoms with Crippen LogP contribution in [0.2, 0.25) is 0 Å². The van der Waals surface area contributed by atoms with Gasteiger partial charge in [0.05, 0.1) is 11.7 Å². The van der Waals surface area contributed by atoms with Gasteiger partial charge < -0.3 is 10.1 Å². The van der Waals surface area contributed by atoms with Gasteiger partial charge in [0.1, 0.15) is 0 Å². The van der Waals surface area contributed by atoms with Crippen LogP contribution in [0.25, 0.3) is 0 Å². The molecule has 4 rings (SSSR count). The standard InChI is InChI=1S/C18H32N2O/c1-2-15-12-20(17(11-19-15)14-5-6-14)13-16-7-10-18(21-16)8-3-4-9-18/h14-17,19H,2-13H2,1H3. The second-order valence-corrected chi connectivity index (χ2v) is 8.04. The van der Waals surface area contributed by atoms with Crippen molar-refractivity contribution < 1.29 is 4.74 Å². The third-order valence-corrected chi connectivity index (χ3v) is 6.49. The highest BCUT2D eigenvalue weighted by atomic mass is 16.5. The number of hydrogen-bond acceptors (Lipinski definition) is 3. The summed E-state index contributed by atoms with van der Waals surface area (Å²) in [6, 6.07) is 1.48. The third kappa shape index (κ3) is 3.02. The molecule has 0 aromatic rings. The van der Waals surface area contributed by atoms with Crippen LogP contribution in [0.4, 0.5) is 0 Å². The highest BCUT2D eigenvalue weighted by molar-refractivity contribution is 4.98. The Kier molecular flexibility index (Phi) is 4.01. The SMILES string of the molecule is CCC1CN(CC2CCC3(CCCC3)O2)C(C2CC2)CN1. The molecule has 2 heterocycles. The monoisotopic (exact) mass is 292 g/mol. The molecular formula is C18H32N2O. The van der Waals surface area contributed by atoms with Crippen LogP contribution in [0.3, 0.4) is 0 Å². The minimum Gasteiger partial charge on any atom is -0.370 e. The molecule has 2 aliphatic heterocycles. The number of ether oxygens (including phenoxy) is 1. The Morgan fingerprint density at radius 1 is 1.14 bits per heavy atom. The van der Waals surface area contributed by atoms with Gasteiger partial charge in [-0.3, -0.25) is 4.90 Å². The predicted molar refractivity (Wildman–Crippen MR) is 85.5 cm³/mol. The van der Waals surface area contributed by atoms with E-state index in [0.717, 1.165) is 12.0 Å². The van der Waals surface area contributed by atoms with Gasteiger partial charge in [-0.1, -0.05) is 19.8 Å². The lowest BCUT2D eigenvalue weighted by Crippen LogP contribution is -2.58. The zero-order valence-electron chi connectivity index (χ0n) is 13.7. The molecule has 4 aliphatic rings. The fourth-order valence-electron chi connectivity index (χ4n) is 5.00. The van der Waals surface area contributed by atoms with Crippen LogP contribution in [0, 0.1) is 5.92 Å². The van der Waals surface area contributed by atoms with Crippen molar-refractivity contribution in [2.45, 2.75) is 88.5 Å². The molecule has 2 saturated carbocycles. The Labute approximate surface area is 129 Å². The van der Waals surface area contributed by atoms with E-state index < -0.39 is 0 Å². The van der Waals surface area contributed by atoms with E-state index in [1.165, 1.54) is 77.4 Å². The van der Waals surface area contributed by atoms with Gasteiger partial charge in [-0.15, -0.1) is 0 Å². The largest absolute Gasteiger partial charge is 0.370 e. The maximum absolute atomic E-state index is 6.57. The second kappa shape index (κ2) is 5.82. The summed E-state index contributed by atoms with van der Waals surface area (Å²) in [5.74, 6) is 0.970. The third-order valence-electron chi connectivity index (χ3n) is 6.49. The van der Waals surface area contributed by atoms with E-state index in [-0.39, 0.29) is 0 Å². The van der Waals surface area contributed by atoms with Crippen LogP contribution >= 0.6 is 0 Å². The van der Waals surface area contributed by atoms with Gasteiger partial charge in [0.2, 0.25) is 0 Å². The molecule has 2 aliphatic carbocycles. The Balaban J connectivity index is 1.37. The summed E-state index contributed by atoms with van der Waals surface area (Å²) in [5, 5.41) is 3.76. The molecule has 3 unspecified atom stereocenters. The molecule has 0 amide bonds. The van der Waals surface area contributed by atoms with Crippen LogP contribution in [0.1, 0.15) is 64.7 Å². The average Bonchev–Trinajstić information content (AvgIpc) is 3.13. The van der Waals surface area contributed by atoms with Crippen molar-refractivity contribution in [3.05, 3.63) is 0 Å². The molecule has 3 heteroatoms. The first-order valence-corrected chi connectivity index (χ1v) is 9.43. The quantitative estimate of drug-likeness (QED) is 0.862. The first-order chi connectivity index (χ1) is 10.3. The summed E-state index contributed by atoms with van der Waals surface area (Å²) in [7, 11) is 0. The van der Waals surface area contributed by atoms with Crippen LogP contribution < -0.4 is 5.32 Å². The van der Waals surface area contributed by atoms with Crippen molar-refractivity contribution >= 4 is 0 Å². The molecule has 0 bridgehead atoms. The predicted octanol–water partition coefficient (Wildman–Crippen LogP) is 2.94. The van der Waals surface area contributed by atoms with Gasteiger partial charge in [0, 0.05) is 31.7 Å². The number of piperazine rings is 1. The molecule has 0 radical (unpaired) electrons. The smallest absolute Gasteiger partial charge is 0.0710 e. The van der Waals surface area contributed by atoms with Crippen LogP contribution in [-0.2, 0) is 4.74 Å². The summed E-state index contributed by atoms with van der Waals surface area (Å²) >= 11 is 0. The Bertz CT molecular complexity index is 362. The minimum atomic E-state index is 0.304. The molecule has 0 aromatic carbocycles. The van der Waals surface area contributed by atoms with Gasteiger partial charge in [0.15, 0.2) is 0 Å². The van der Waals surface area contributed by atoms with Gasteiger partial charge >= 0.3 is 0 Å². The van der Waals surface area contributed by atoms with Crippen molar-refractivity contribution in [3.8, 4) is 0 Å². The summed E-state index contributed by atoms with van der Waals surface area (Å²) in [5.41, 5.74) is 0.304. The zero-order chi connectivity index (χ0) is 14.3. The molecule has 1 N–H and O–H groups in total. The van der Waals surface area contributed by atoms with E-state index in [0.29, 0.717) is 17.7 Å². The van der Waals surface area contributed by atoms with E-state index in [4.69, 9.17) is 4.74 Å². The first-order valence-electron chi connectivity index (χ1n) is 9.43. The molecule has 21 heavy (non-hydrogen) atoms. The Hall–Kier alpha value is -0.120. The summed E-state index contributed by atoms with van der Waals surface area (Å²) in [6.45, 7) is 5.96. The van der Waals surface area contributed by atoms with Crippen molar-refractivity contribution in [2.75, 3.05) is 19.6 Å². The molecule has 3 nitrogen and oxygen atoms in total. The van der Waals surface area contributed by atoms with E-state index in [2.05, 4.69) is 17.1 Å². The molecule has 0 aromatic heterocycles. The minimum absolute atomic E-state index is 0.304. The molecule has 1 spiro atoms. The van der Waals surface area contributed by atoms with Gasteiger partial charge in [-0.25, -0.2) is 0 Å². The van der Waals surface area contributed by atoms with Crippen LogP contribution in [0.15, 0.2) is 0 Å². The van der Waals surface area contributed by atoms with Gasteiger partial charge in [-0.05, 0) is 50.9 Å². The van der Waals surface area contributed by atoms with Crippen molar-refractivity contribution in [1.29, 1.82) is 0 Å². The van der Waals surface area contributed by atoms with E-state index in [9.17, 15) is 0 Å². The average molecular weight is 292 g/mol. The van der Waals surface area contributed by atoms with E-state index in [1.54, 1.807) is 0 Å². The van der Waals surface area contributed by atoms with Gasteiger partial charge in [-0.2, -0.15) is 0 Å². The molecule has 3 atom stereocenters. The topological polar surface area (TPSA) is 24.5 Å². The lowest BCUT2D eigenvalue weighted by molar-refractivity contribution is -0.0562. The summed E-state index contributed by atoms with van der Waals surface area (Å²) in [4.78, 5) is 2.79. The lowest BCUT2D eigenvalue weighted by Gasteiger charge is -2.42. The lowest BCUT2D eigenvalue weighted by atomic mass is 9.98. The molecule has 2 saturated heterocycles. The highest BCUT2D eigenvalue weighted by Gasteiger charge is 2.44. The zero-order valence-corrected chi connectivity index (χ0v) is 13.7. The number of hydrogen-bond donors (Lipinski definition) is 1. The van der Waals surface area contributed by atoms with Crippen molar-refractivity contribution in [3.63, 3.8) is 0 Å². The first kappa shape index (κ1) is 14.5.